The molecule has 2 rings (SSSR count). The first kappa shape index (κ1) is 16.1. The Labute approximate surface area is 126 Å². The van der Waals surface area contributed by atoms with Gasteiger partial charge in [0, 0.05) is 17.9 Å². The molecule has 0 aliphatic rings. The summed E-state index contributed by atoms with van der Waals surface area (Å²) in [6.07, 6.45) is -4.46. The number of rotatable bonds is 4. The predicted molar refractivity (Wildman–Crippen MR) is 75.8 cm³/mol. The van der Waals surface area contributed by atoms with Crippen molar-refractivity contribution in [3.8, 4) is 0 Å². The highest BCUT2D eigenvalue weighted by atomic mass is 19.4. The van der Waals surface area contributed by atoms with Crippen molar-refractivity contribution in [3.05, 3.63) is 58.4 Å². The van der Waals surface area contributed by atoms with E-state index in [4.69, 9.17) is 5.11 Å². The fourth-order valence-electron chi connectivity index (χ4n) is 2.49. The molecule has 1 heterocycles. The zero-order valence-electron chi connectivity index (χ0n) is 12.2. The van der Waals surface area contributed by atoms with E-state index in [1.54, 1.807) is 19.1 Å². The number of alkyl halides is 3. The van der Waals surface area contributed by atoms with Gasteiger partial charge in [0.05, 0.1) is 12.0 Å². The summed E-state index contributed by atoms with van der Waals surface area (Å²) in [5.74, 6) is -0.931. The summed E-state index contributed by atoms with van der Waals surface area (Å²) < 4.78 is 40.0. The first-order valence-corrected chi connectivity index (χ1v) is 6.72. The minimum absolute atomic E-state index is 0.0950. The van der Waals surface area contributed by atoms with E-state index in [2.05, 4.69) is 0 Å². The monoisotopic (exact) mass is 311 g/mol. The molecule has 0 saturated carbocycles. The van der Waals surface area contributed by atoms with Gasteiger partial charge in [0.25, 0.3) is 0 Å². The highest BCUT2D eigenvalue weighted by molar-refractivity contribution is 5.70. The summed E-state index contributed by atoms with van der Waals surface area (Å²) in [6.45, 7) is 3.87. The van der Waals surface area contributed by atoms with Crippen molar-refractivity contribution in [2.24, 2.45) is 0 Å². The molecule has 0 radical (unpaired) electrons. The van der Waals surface area contributed by atoms with Gasteiger partial charge >= 0.3 is 12.1 Å². The number of carboxylic acid groups (broad SMARTS) is 1. The smallest absolute Gasteiger partial charge is 0.416 e. The number of nitrogens with zero attached hydrogens (tertiary/aromatic N) is 1. The number of hydrogen-bond acceptors (Lipinski definition) is 1. The van der Waals surface area contributed by atoms with E-state index in [1.165, 1.54) is 6.07 Å². The first-order valence-electron chi connectivity index (χ1n) is 6.72. The summed E-state index contributed by atoms with van der Waals surface area (Å²) in [6, 6.07) is 6.93. The minimum Gasteiger partial charge on any atom is -0.481 e. The maximum absolute atomic E-state index is 12.7. The van der Waals surface area contributed by atoms with Crippen LogP contribution in [-0.4, -0.2) is 15.6 Å². The number of carboxylic acids is 1. The van der Waals surface area contributed by atoms with Crippen LogP contribution in [0.25, 0.3) is 0 Å². The van der Waals surface area contributed by atoms with Crippen molar-refractivity contribution in [1.82, 2.24) is 4.57 Å². The van der Waals surface area contributed by atoms with E-state index in [9.17, 15) is 18.0 Å². The second-order valence-electron chi connectivity index (χ2n) is 5.25. The molecule has 3 nitrogen and oxygen atoms in total. The van der Waals surface area contributed by atoms with Gasteiger partial charge in [-0.2, -0.15) is 13.2 Å². The van der Waals surface area contributed by atoms with E-state index in [-0.39, 0.29) is 13.0 Å². The van der Waals surface area contributed by atoms with Crippen molar-refractivity contribution >= 4 is 5.97 Å². The average Bonchev–Trinajstić information content (AvgIpc) is 2.65. The molecule has 1 N–H and O–H groups in total. The second-order valence-corrected chi connectivity index (χ2v) is 5.25. The topological polar surface area (TPSA) is 42.2 Å². The van der Waals surface area contributed by atoms with Crippen LogP contribution in [0.4, 0.5) is 13.2 Å². The molecule has 0 bridgehead atoms. The van der Waals surface area contributed by atoms with Gasteiger partial charge in [0.1, 0.15) is 0 Å². The Morgan fingerprint density at radius 1 is 1.23 bits per heavy atom. The Hall–Kier alpha value is -2.24. The van der Waals surface area contributed by atoms with Gasteiger partial charge in [-0.05, 0) is 43.2 Å². The fraction of sp³-hybridized carbons (Fsp3) is 0.312. The third kappa shape index (κ3) is 3.50. The van der Waals surface area contributed by atoms with Crippen LogP contribution < -0.4 is 0 Å². The van der Waals surface area contributed by atoms with Crippen LogP contribution in [0.1, 0.15) is 28.1 Å². The van der Waals surface area contributed by atoms with Crippen LogP contribution in [-0.2, 0) is 23.9 Å². The zero-order valence-corrected chi connectivity index (χ0v) is 12.2. The molecule has 0 aliphatic heterocycles. The van der Waals surface area contributed by atoms with E-state index in [1.807, 2.05) is 11.5 Å². The fourth-order valence-corrected chi connectivity index (χ4v) is 2.49. The predicted octanol–water partition coefficient (Wildman–Crippen LogP) is 3.80. The number of aryl methyl sites for hydroxylation is 1. The van der Waals surface area contributed by atoms with Crippen molar-refractivity contribution in [1.29, 1.82) is 0 Å². The van der Waals surface area contributed by atoms with Gasteiger partial charge in [0.2, 0.25) is 0 Å². The summed E-state index contributed by atoms with van der Waals surface area (Å²) in [4.78, 5) is 10.8. The summed E-state index contributed by atoms with van der Waals surface area (Å²) >= 11 is 0. The van der Waals surface area contributed by atoms with Crippen LogP contribution in [0.5, 0.6) is 0 Å². The minimum atomic E-state index is -4.37. The molecule has 0 spiro atoms. The van der Waals surface area contributed by atoms with Crippen molar-refractivity contribution in [3.63, 3.8) is 0 Å². The second kappa shape index (κ2) is 5.87. The van der Waals surface area contributed by atoms with E-state index < -0.39 is 17.7 Å². The average molecular weight is 311 g/mol. The molecule has 1 aromatic carbocycles. The van der Waals surface area contributed by atoms with Crippen LogP contribution in [0.3, 0.4) is 0 Å². The van der Waals surface area contributed by atoms with Crippen LogP contribution in [0.2, 0.25) is 0 Å². The first-order chi connectivity index (χ1) is 10.2. The van der Waals surface area contributed by atoms with Gasteiger partial charge in [-0.1, -0.05) is 12.1 Å². The molecule has 1 aromatic heterocycles. The Kier molecular flexibility index (Phi) is 4.30. The van der Waals surface area contributed by atoms with E-state index >= 15 is 0 Å². The summed E-state index contributed by atoms with van der Waals surface area (Å²) in [5.41, 5.74) is 2.11. The molecule has 0 amide bonds. The largest absolute Gasteiger partial charge is 0.481 e. The lowest BCUT2D eigenvalue weighted by molar-refractivity contribution is -0.138. The lowest BCUT2D eigenvalue weighted by Gasteiger charge is -2.12. The Balaban J connectivity index is 2.32. The van der Waals surface area contributed by atoms with Crippen molar-refractivity contribution in [2.45, 2.75) is 33.0 Å². The lowest BCUT2D eigenvalue weighted by Crippen LogP contribution is -2.09. The lowest BCUT2D eigenvalue weighted by atomic mass is 10.1. The molecule has 22 heavy (non-hydrogen) atoms. The number of aromatic nitrogens is 1. The Morgan fingerprint density at radius 2 is 1.91 bits per heavy atom. The zero-order chi connectivity index (χ0) is 16.5. The molecule has 0 unspecified atom stereocenters. The molecule has 2 aromatic rings. The Morgan fingerprint density at radius 3 is 2.50 bits per heavy atom. The van der Waals surface area contributed by atoms with Gasteiger partial charge in [-0.25, -0.2) is 0 Å². The van der Waals surface area contributed by atoms with Crippen molar-refractivity contribution in [2.75, 3.05) is 0 Å². The van der Waals surface area contributed by atoms with Gasteiger partial charge in [-0.3, -0.25) is 4.79 Å². The molecular formula is C16H16F3NO2. The third-order valence-corrected chi connectivity index (χ3v) is 3.62. The highest BCUT2D eigenvalue weighted by Crippen LogP contribution is 2.30. The molecule has 0 aliphatic carbocycles. The number of benzene rings is 1. The Bertz CT molecular complexity index is 702. The van der Waals surface area contributed by atoms with Crippen LogP contribution in [0, 0.1) is 13.8 Å². The number of carbonyl (C=O) groups is 1. The molecular weight excluding hydrogens is 295 g/mol. The van der Waals surface area contributed by atoms with Crippen LogP contribution in [0.15, 0.2) is 30.3 Å². The number of halogens is 3. The molecule has 0 fully saturated rings. The molecule has 0 saturated heterocycles. The number of hydrogen-bond donors (Lipinski definition) is 1. The summed E-state index contributed by atoms with van der Waals surface area (Å²) in [7, 11) is 0. The third-order valence-electron chi connectivity index (χ3n) is 3.62. The molecule has 118 valence electrons. The standard InChI is InChI=1S/C16H16F3NO2/c1-10-6-13(8-15(21)22)11(2)20(10)9-12-4-3-5-14(7-12)16(17,18)19/h3-7H,8-9H2,1-2H3,(H,21,22). The summed E-state index contributed by atoms with van der Waals surface area (Å²) in [5, 5.41) is 8.87. The maximum Gasteiger partial charge on any atom is 0.416 e. The maximum atomic E-state index is 12.7. The van der Waals surface area contributed by atoms with Crippen LogP contribution >= 0.6 is 0 Å². The van der Waals surface area contributed by atoms with Gasteiger partial charge in [0.15, 0.2) is 0 Å². The SMILES string of the molecule is Cc1cc(CC(=O)O)c(C)n1Cc1cccc(C(F)(F)F)c1. The van der Waals surface area contributed by atoms with Crippen molar-refractivity contribution < 1.29 is 23.1 Å². The van der Waals surface area contributed by atoms with E-state index in [0.717, 1.165) is 23.5 Å². The highest BCUT2D eigenvalue weighted by Gasteiger charge is 2.30. The van der Waals surface area contributed by atoms with E-state index in [0.29, 0.717) is 11.1 Å². The van der Waals surface area contributed by atoms with Gasteiger partial charge in [-0.15, -0.1) is 0 Å². The molecule has 0 atom stereocenters. The molecule has 6 heteroatoms. The quantitative estimate of drug-likeness (QED) is 0.933. The van der Waals surface area contributed by atoms with Gasteiger partial charge < -0.3 is 9.67 Å². The number of aliphatic carboxylic acids is 1. The normalized spacial score (nSPS) is 11.7.